The average molecular weight is 220 g/mol. The minimum absolute atomic E-state index is 0.292. The number of hydrogen-bond donors (Lipinski definition) is 1. The maximum atomic E-state index is 10.8. The highest BCUT2D eigenvalue weighted by Crippen LogP contribution is 2.38. The first-order valence-electron chi connectivity index (χ1n) is 5.48. The van der Waals surface area contributed by atoms with Crippen LogP contribution in [0.3, 0.4) is 0 Å². The van der Waals surface area contributed by atoms with E-state index in [4.69, 9.17) is 5.11 Å². The first-order valence-corrected chi connectivity index (χ1v) is 5.48. The summed E-state index contributed by atoms with van der Waals surface area (Å²) >= 11 is 0. The van der Waals surface area contributed by atoms with Gasteiger partial charge in [-0.3, -0.25) is 0 Å². The molecule has 1 aromatic rings. The molecule has 1 aromatic heterocycles. The van der Waals surface area contributed by atoms with E-state index < -0.39 is 5.97 Å². The number of hydrogen-bond acceptors (Lipinski definition) is 3. The third-order valence-corrected chi connectivity index (χ3v) is 3.17. The first kappa shape index (κ1) is 10.9. The van der Waals surface area contributed by atoms with Gasteiger partial charge in [-0.25, -0.2) is 9.78 Å². The van der Waals surface area contributed by atoms with Crippen molar-refractivity contribution in [1.29, 1.82) is 0 Å². The second-order valence-electron chi connectivity index (χ2n) is 4.56. The van der Waals surface area contributed by atoms with Crippen LogP contribution in [-0.4, -0.2) is 29.7 Å². The molecule has 16 heavy (non-hydrogen) atoms. The molecule has 0 bridgehead atoms. The van der Waals surface area contributed by atoms with Gasteiger partial charge in [-0.2, -0.15) is 0 Å². The van der Waals surface area contributed by atoms with Crippen LogP contribution in [0.1, 0.15) is 23.7 Å². The molecule has 0 radical (unpaired) electrons. The molecule has 4 nitrogen and oxygen atoms in total. The number of carbonyl (C=O) groups is 1. The van der Waals surface area contributed by atoms with Crippen LogP contribution in [0.2, 0.25) is 0 Å². The summed E-state index contributed by atoms with van der Waals surface area (Å²) < 4.78 is 0. The summed E-state index contributed by atoms with van der Waals surface area (Å²) in [4.78, 5) is 17.0. The minimum atomic E-state index is -0.906. The van der Waals surface area contributed by atoms with E-state index in [0.717, 1.165) is 24.2 Å². The molecule has 1 aliphatic rings. The minimum Gasteiger partial charge on any atom is -0.478 e. The Labute approximate surface area is 94.9 Å². The fraction of sp³-hybridized carbons (Fsp3) is 0.500. The summed E-state index contributed by atoms with van der Waals surface area (Å²) in [5, 5.41) is 8.88. The van der Waals surface area contributed by atoms with Gasteiger partial charge in [0.1, 0.15) is 5.82 Å². The summed E-state index contributed by atoms with van der Waals surface area (Å²) in [6.45, 7) is 3.19. The normalized spacial score (nSPS) is 22.9. The molecule has 2 unspecified atom stereocenters. The molecule has 2 rings (SSSR count). The number of anilines is 1. The molecule has 4 heteroatoms. The Morgan fingerprint density at radius 2 is 2.38 bits per heavy atom. The van der Waals surface area contributed by atoms with Gasteiger partial charge in [0, 0.05) is 19.8 Å². The molecule has 0 saturated heterocycles. The van der Waals surface area contributed by atoms with Crippen LogP contribution < -0.4 is 4.90 Å². The quantitative estimate of drug-likeness (QED) is 0.841. The van der Waals surface area contributed by atoms with E-state index in [-0.39, 0.29) is 0 Å². The van der Waals surface area contributed by atoms with E-state index in [0.29, 0.717) is 5.56 Å². The summed E-state index contributed by atoms with van der Waals surface area (Å²) in [7, 11) is 1.96. The van der Waals surface area contributed by atoms with Crippen molar-refractivity contribution in [1.82, 2.24) is 4.98 Å². The lowest BCUT2D eigenvalue weighted by Crippen LogP contribution is -2.21. The third kappa shape index (κ3) is 2.32. The van der Waals surface area contributed by atoms with E-state index in [1.807, 2.05) is 11.9 Å². The van der Waals surface area contributed by atoms with Gasteiger partial charge in [-0.05, 0) is 30.4 Å². The number of aromatic nitrogens is 1. The second kappa shape index (κ2) is 4.12. The monoisotopic (exact) mass is 220 g/mol. The van der Waals surface area contributed by atoms with E-state index in [1.165, 1.54) is 12.5 Å². The maximum absolute atomic E-state index is 10.8. The smallest absolute Gasteiger partial charge is 0.335 e. The Balaban J connectivity index is 2.07. The van der Waals surface area contributed by atoms with Crippen LogP contribution in [0.4, 0.5) is 5.82 Å². The SMILES string of the molecule is CC1CC1CN(C)c1cc(C(=O)O)ccn1. The van der Waals surface area contributed by atoms with Gasteiger partial charge >= 0.3 is 5.97 Å². The molecule has 1 heterocycles. The van der Waals surface area contributed by atoms with Crippen molar-refractivity contribution < 1.29 is 9.90 Å². The first-order chi connectivity index (χ1) is 7.58. The van der Waals surface area contributed by atoms with Gasteiger partial charge in [0.2, 0.25) is 0 Å². The van der Waals surface area contributed by atoms with Crippen molar-refractivity contribution in [3.8, 4) is 0 Å². The lowest BCUT2D eigenvalue weighted by atomic mass is 10.2. The Morgan fingerprint density at radius 3 is 2.94 bits per heavy atom. The van der Waals surface area contributed by atoms with Gasteiger partial charge in [0.25, 0.3) is 0 Å². The fourth-order valence-corrected chi connectivity index (χ4v) is 1.86. The van der Waals surface area contributed by atoms with Crippen molar-refractivity contribution in [2.45, 2.75) is 13.3 Å². The van der Waals surface area contributed by atoms with Crippen molar-refractivity contribution >= 4 is 11.8 Å². The molecule has 1 fully saturated rings. The van der Waals surface area contributed by atoms with Gasteiger partial charge in [-0.15, -0.1) is 0 Å². The van der Waals surface area contributed by atoms with Crippen LogP contribution in [0.15, 0.2) is 18.3 Å². The highest BCUT2D eigenvalue weighted by Gasteiger charge is 2.33. The zero-order chi connectivity index (χ0) is 11.7. The fourth-order valence-electron chi connectivity index (χ4n) is 1.86. The highest BCUT2D eigenvalue weighted by atomic mass is 16.4. The predicted molar refractivity (Wildman–Crippen MR) is 61.7 cm³/mol. The molecule has 2 atom stereocenters. The number of carboxylic acid groups (broad SMARTS) is 1. The maximum Gasteiger partial charge on any atom is 0.335 e. The van der Waals surface area contributed by atoms with Crippen LogP contribution in [-0.2, 0) is 0 Å². The van der Waals surface area contributed by atoms with E-state index in [2.05, 4.69) is 11.9 Å². The van der Waals surface area contributed by atoms with Gasteiger partial charge in [-0.1, -0.05) is 6.92 Å². The Hall–Kier alpha value is -1.58. The molecule has 0 aromatic carbocycles. The number of nitrogens with zero attached hydrogens (tertiary/aromatic N) is 2. The van der Waals surface area contributed by atoms with Gasteiger partial charge in [0.15, 0.2) is 0 Å². The number of rotatable bonds is 4. The Bertz CT molecular complexity index is 406. The van der Waals surface area contributed by atoms with Crippen molar-refractivity contribution in [2.24, 2.45) is 11.8 Å². The van der Waals surface area contributed by atoms with Crippen molar-refractivity contribution in [2.75, 3.05) is 18.5 Å². The van der Waals surface area contributed by atoms with Crippen molar-refractivity contribution in [3.05, 3.63) is 23.9 Å². The summed E-state index contributed by atoms with van der Waals surface area (Å²) in [6.07, 6.45) is 2.81. The summed E-state index contributed by atoms with van der Waals surface area (Å²) in [6, 6.07) is 3.13. The largest absolute Gasteiger partial charge is 0.478 e. The average Bonchev–Trinajstić information content (AvgIpc) is 2.94. The number of aromatic carboxylic acids is 1. The Kier molecular flexibility index (Phi) is 2.81. The van der Waals surface area contributed by atoms with E-state index in [1.54, 1.807) is 12.3 Å². The second-order valence-corrected chi connectivity index (χ2v) is 4.56. The van der Waals surface area contributed by atoms with Crippen LogP contribution in [0.25, 0.3) is 0 Å². The Morgan fingerprint density at radius 1 is 1.69 bits per heavy atom. The third-order valence-electron chi connectivity index (χ3n) is 3.17. The molecule has 1 aliphatic carbocycles. The number of pyridine rings is 1. The van der Waals surface area contributed by atoms with E-state index in [9.17, 15) is 4.79 Å². The summed E-state index contributed by atoms with van der Waals surface area (Å²) in [5.74, 6) is 1.36. The molecule has 1 saturated carbocycles. The predicted octanol–water partition coefficient (Wildman–Crippen LogP) is 1.87. The molecular weight excluding hydrogens is 204 g/mol. The molecule has 1 N–H and O–H groups in total. The molecule has 0 amide bonds. The number of carboxylic acids is 1. The van der Waals surface area contributed by atoms with Crippen LogP contribution >= 0.6 is 0 Å². The molecule has 0 aliphatic heterocycles. The highest BCUT2D eigenvalue weighted by molar-refractivity contribution is 5.88. The van der Waals surface area contributed by atoms with Crippen LogP contribution in [0.5, 0.6) is 0 Å². The topological polar surface area (TPSA) is 53.4 Å². The zero-order valence-corrected chi connectivity index (χ0v) is 9.55. The molecular formula is C12H16N2O2. The van der Waals surface area contributed by atoms with Gasteiger partial charge in [0.05, 0.1) is 5.56 Å². The molecule has 86 valence electrons. The van der Waals surface area contributed by atoms with Crippen LogP contribution in [0, 0.1) is 11.8 Å². The van der Waals surface area contributed by atoms with E-state index >= 15 is 0 Å². The lowest BCUT2D eigenvalue weighted by molar-refractivity contribution is 0.0697. The van der Waals surface area contributed by atoms with Crippen molar-refractivity contribution in [3.63, 3.8) is 0 Å². The summed E-state index contributed by atoms with van der Waals surface area (Å²) in [5.41, 5.74) is 0.292. The zero-order valence-electron chi connectivity index (χ0n) is 9.55. The van der Waals surface area contributed by atoms with Gasteiger partial charge < -0.3 is 10.0 Å². The lowest BCUT2D eigenvalue weighted by Gasteiger charge is -2.18. The standard InChI is InChI=1S/C12H16N2O2/c1-8-5-10(8)7-14(2)11-6-9(12(15)16)3-4-13-11/h3-4,6,8,10H,5,7H2,1-2H3,(H,15,16). The molecule has 0 spiro atoms.